The molecule has 3 N–H and O–H groups in total. The minimum absolute atomic E-state index is 0.150. The van der Waals surface area contributed by atoms with Crippen LogP contribution in [0.2, 0.25) is 0 Å². The maximum Gasteiger partial charge on any atom is 0.244 e. The molecule has 4 amide bonds. The molecular formula is C29H30N4O5. The summed E-state index contributed by atoms with van der Waals surface area (Å²) in [5, 5.41) is 16.6. The van der Waals surface area contributed by atoms with Crippen molar-refractivity contribution in [2.45, 2.75) is 39.3 Å². The van der Waals surface area contributed by atoms with E-state index in [4.69, 9.17) is 5.26 Å². The Bertz CT molecular complexity index is 1280. The molecule has 2 aromatic carbocycles. The zero-order chi connectivity index (χ0) is 27.8. The van der Waals surface area contributed by atoms with E-state index in [9.17, 15) is 24.0 Å². The van der Waals surface area contributed by atoms with Crippen molar-refractivity contribution < 1.29 is 24.0 Å². The van der Waals surface area contributed by atoms with E-state index in [0.29, 0.717) is 11.1 Å². The average molecular weight is 515 g/mol. The Morgan fingerprint density at radius 1 is 1.00 bits per heavy atom. The molecule has 9 nitrogen and oxygen atoms in total. The van der Waals surface area contributed by atoms with Gasteiger partial charge in [0.2, 0.25) is 23.6 Å². The third kappa shape index (κ3) is 7.01. The molecule has 1 aliphatic rings. The van der Waals surface area contributed by atoms with Crippen molar-refractivity contribution in [2.75, 3.05) is 0 Å². The van der Waals surface area contributed by atoms with Crippen LogP contribution in [0, 0.1) is 29.1 Å². The van der Waals surface area contributed by atoms with Crippen LogP contribution in [0.15, 0.2) is 60.7 Å². The zero-order valence-electron chi connectivity index (χ0n) is 21.4. The van der Waals surface area contributed by atoms with Crippen molar-refractivity contribution in [3.8, 4) is 6.07 Å². The molecule has 0 spiro atoms. The fourth-order valence-electron chi connectivity index (χ4n) is 4.24. The van der Waals surface area contributed by atoms with Gasteiger partial charge in [-0.05, 0) is 35.3 Å². The number of amides is 4. The average Bonchev–Trinajstić information content (AvgIpc) is 3.16. The Morgan fingerprint density at radius 3 is 2.21 bits per heavy atom. The summed E-state index contributed by atoms with van der Waals surface area (Å²) in [6.07, 6.45) is 2.79. The highest BCUT2D eigenvalue weighted by Crippen LogP contribution is 2.24. The summed E-state index contributed by atoms with van der Waals surface area (Å²) in [5.74, 6) is -4.90. The highest BCUT2D eigenvalue weighted by Gasteiger charge is 2.46. The van der Waals surface area contributed by atoms with Gasteiger partial charge in [0, 0.05) is 6.08 Å². The molecule has 1 heterocycles. The molecule has 3 rings (SSSR count). The van der Waals surface area contributed by atoms with Crippen molar-refractivity contribution in [2.24, 2.45) is 17.8 Å². The quantitative estimate of drug-likeness (QED) is 0.252. The van der Waals surface area contributed by atoms with E-state index < -0.39 is 53.3 Å². The van der Waals surface area contributed by atoms with E-state index in [1.807, 2.05) is 12.1 Å². The molecule has 1 saturated heterocycles. The van der Waals surface area contributed by atoms with Gasteiger partial charge in [0.05, 0.1) is 36.1 Å². The first-order valence-electron chi connectivity index (χ1n) is 12.3. The third-order valence-electron chi connectivity index (χ3n) is 6.41. The molecule has 1 aliphatic heterocycles. The number of ketones is 1. The number of hydrogen-bond donors (Lipinski definition) is 3. The predicted octanol–water partition coefficient (Wildman–Crippen LogP) is 2.44. The minimum atomic E-state index is -1.16. The van der Waals surface area contributed by atoms with Gasteiger partial charge in [0.1, 0.15) is 5.92 Å². The second-order valence-electron chi connectivity index (χ2n) is 9.55. The summed E-state index contributed by atoms with van der Waals surface area (Å²) in [5.41, 5.74) is 1.94. The van der Waals surface area contributed by atoms with Crippen LogP contribution in [0.25, 0.3) is 6.08 Å². The maximum atomic E-state index is 13.2. The van der Waals surface area contributed by atoms with E-state index in [-0.39, 0.29) is 12.3 Å². The second-order valence-corrected chi connectivity index (χ2v) is 9.55. The smallest absolute Gasteiger partial charge is 0.244 e. The van der Waals surface area contributed by atoms with Crippen molar-refractivity contribution >= 4 is 35.5 Å². The maximum absolute atomic E-state index is 13.2. The van der Waals surface area contributed by atoms with Crippen LogP contribution in [0.1, 0.15) is 49.9 Å². The van der Waals surface area contributed by atoms with E-state index >= 15 is 0 Å². The molecular weight excluding hydrogens is 484 g/mol. The SMILES string of the molecule is CC(C)[C@H](NC(=O)C[C@H](NC(=O)/C=C/c1ccc(C#N)cc1)c1ccccc1)C(=O)[C@@H]1C(=O)NC(=O)[C@H]1C. The van der Waals surface area contributed by atoms with Gasteiger partial charge in [-0.1, -0.05) is 63.2 Å². The number of hydrogen-bond acceptors (Lipinski definition) is 6. The summed E-state index contributed by atoms with van der Waals surface area (Å²) in [6.45, 7) is 4.99. The summed E-state index contributed by atoms with van der Waals surface area (Å²) < 4.78 is 0. The number of nitrogens with zero attached hydrogens (tertiary/aromatic N) is 1. The lowest BCUT2D eigenvalue weighted by Crippen LogP contribution is -2.49. The summed E-state index contributed by atoms with van der Waals surface area (Å²) >= 11 is 0. The lowest BCUT2D eigenvalue weighted by Gasteiger charge is -2.25. The number of carbonyl (C=O) groups excluding carboxylic acids is 5. The van der Waals surface area contributed by atoms with Crippen LogP contribution in [-0.4, -0.2) is 35.5 Å². The Hall–Kier alpha value is -4.58. The molecule has 196 valence electrons. The Kier molecular flexibility index (Phi) is 9.28. The van der Waals surface area contributed by atoms with Crippen molar-refractivity contribution in [3.63, 3.8) is 0 Å². The van der Waals surface area contributed by atoms with E-state index in [2.05, 4.69) is 16.0 Å². The molecule has 4 atom stereocenters. The largest absolute Gasteiger partial charge is 0.346 e. The number of imide groups is 1. The number of Topliss-reactive ketones (excluding diaryl/α,β-unsaturated/α-hetero) is 1. The van der Waals surface area contributed by atoms with Crippen LogP contribution >= 0.6 is 0 Å². The van der Waals surface area contributed by atoms with E-state index in [1.54, 1.807) is 68.5 Å². The molecule has 0 saturated carbocycles. The Morgan fingerprint density at radius 2 is 1.66 bits per heavy atom. The van der Waals surface area contributed by atoms with Crippen molar-refractivity contribution in [1.82, 2.24) is 16.0 Å². The van der Waals surface area contributed by atoms with Crippen molar-refractivity contribution in [3.05, 3.63) is 77.4 Å². The number of benzene rings is 2. The summed E-state index contributed by atoms with van der Waals surface area (Å²) in [7, 11) is 0. The van der Waals surface area contributed by atoms with Gasteiger partial charge in [0.15, 0.2) is 5.78 Å². The second kappa shape index (κ2) is 12.6. The Labute approximate surface area is 221 Å². The van der Waals surface area contributed by atoms with Gasteiger partial charge >= 0.3 is 0 Å². The molecule has 0 aromatic heterocycles. The van der Waals surface area contributed by atoms with Crippen molar-refractivity contribution in [1.29, 1.82) is 5.26 Å². The predicted molar refractivity (Wildman–Crippen MR) is 140 cm³/mol. The van der Waals surface area contributed by atoms with E-state index in [0.717, 1.165) is 5.56 Å². The first kappa shape index (κ1) is 28.0. The monoisotopic (exact) mass is 514 g/mol. The highest BCUT2D eigenvalue weighted by atomic mass is 16.2. The first-order chi connectivity index (χ1) is 18.1. The number of nitriles is 1. The molecule has 38 heavy (non-hydrogen) atoms. The van der Waals surface area contributed by atoms with Gasteiger partial charge in [-0.25, -0.2) is 0 Å². The van der Waals surface area contributed by atoms with Gasteiger partial charge in [-0.2, -0.15) is 5.26 Å². The standard InChI is InChI=1S/C29H30N4O5/c1-17(2)26(27(36)25-18(3)28(37)33-29(25)38)32-24(35)15-22(21-7-5-4-6-8-21)31-23(34)14-13-19-9-11-20(16-30)12-10-19/h4-14,17-18,22,25-26H,15H2,1-3H3,(H,31,34)(H,32,35)(H,33,37,38)/b14-13+/t18-,22-,25+,26-/m0/s1. The summed E-state index contributed by atoms with van der Waals surface area (Å²) in [4.78, 5) is 63.0. The van der Waals surface area contributed by atoms with Crippen LogP contribution in [0.5, 0.6) is 0 Å². The lowest BCUT2D eigenvalue weighted by molar-refractivity contribution is -0.137. The summed E-state index contributed by atoms with van der Waals surface area (Å²) in [6, 6.07) is 16.0. The van der Waals surface area contributed by atoms with Gasteiger partial charge in [-0.15, -0.1) is 0 Å². The van der Waals surface area contributed by atoms with Crippen LogP contribution in [-0.2, 0) is 24.0 Å². The van der Waals surface area contributed by atoms with Crippen LogP contribution in [0.3, 0.4) is 0 Å². The first-order valence-corrected chi connectivity index (χ1v) is 12.3. The number of carbonyl (C=O) groups is 5. The molecule has 0 aliphatic carbocycles. The molecule has 0 radical (unpaired) electrons. The fourth-order valence-corrected chi connectivity index (χ4v) is 4.24. The Balaban J connectivity index is 1.72. The highest BCUT2D eigenvalue weighted by molar-refractivity contribution is 6.16. The topological polar surface area (TPSA) is 145 Å². The van der Waals surface area contributed by atoms with Crippen LogP contribution < -0.4 is 16.0 Å². The molecule has 0 bridgehead atoms. The van der Waals surface area contributed by atoms with E-state index in [1.165, 1.54) is 13.0 Å². The zero-order valence-corrected chi connectivity index (χ0v) is 21.4. The molecule has 2 aromatic rings. The van der Waals surface area contributed by atoms with Gasteiger partial charge in [0.25, 0.3) is 0 Å². The number of nitrogens with one attached hydrogen (secondary N) is 3. The number of rotatable bonds is 10. The molecule has 1 fully saturated rings. The van der Waals surface area contributed by atoms with Crippen LogP contribution in [0.4, 0.5) is 0 Å². The van der Waals surface area contributed by atoms with Gasteiger partial charge < -0.3 is 10.6 Å². The molecule has 0 unspecified atom stereocenters. The lowest BCUT2D eigenvalue weighted by atomic mass is 9.85. The normalized spacial score (nSPS) is 18.5. The van der Waals surface area contributed by atoms with Gasteiger partial charge in [-0.3, -0.25) is 29.3 Å². The minimum Gasteiger partial charge on any atom is -0.346 e. The fraction of sp³-hybridized carbons (Fsp3) is 0.310. The molecule has 9 heteroatoms. The third-order valence-corrected chi connectivity index (χ3v) is 6.41.